The molecular formula is C22H22O5. The van der Waals surface area contributed by atoms with Crippen molar-refractivity contribution < 1.29 is 23.8 Å². The van der Waals surface area contributed by atoms with Crippen LogP contribution in [0.15, 0.2) is 72.0 Å². The summed E-state index contributed by atoms with van der Waals surface area (Å²) in [5, 5.41) is 0. The van der Waals surface area contributed by atoms with Crippen LogP contribution in [-0.2, 0) is 19.0 Å². The Morgan fingerprint density at radius 3 is 2.19 bits per heavy atom. The van der Waals surface area contributed by atoms with Crippen LogP contribution in [0.1, 0.15) is 28.3 Å². The van der Waals surface area contributed by atoms with Crippen LogP contribution >= 0.6 is 0 Å². The fraction of sp³-hybridized carbons (Fsp3) is 0.273. The van der Waals surface area contributed by atoms with Crippen LogP contribution in [0, 0.1) is 5.92 Å². The number of Topliss-reactive ketones (excluding diaryl/α,β-unsaturated/α-hetero) is 1. The van der Waals surface area contributed by atoms with Gasteiger partial charge < -0.3 is 14.2 Å². The Labute approximate surface area is 158 Å². The van der Waals surface area contributed by atoms with Crippen molar-refractivity contribution in [3.8, 4) is 0 Å². The highest BCUT2D eigenvalue weighted by molar-refractivity contribution is 6.07. The molecule has 1 aliphatic carbocycles. The number of carbonyl (C=O) groups is 2. The van der Waals surface area contributed by atoms with E-state index in [1.54, 1.807) is 12.1 Å². The second-order valence-corrected chi connectivity index (χ2v) is 6.31. The van der Waals surface area contributed by atoms with Gasteiger partial charge in [0, 0.05) is 25.0 Å². The third-order valence-electron chi connectivity index (χ3n) is 4.74. The summed E-state index contributed by atoms with van der Waals surface area (Å²) >= 11 is 0. The highest BCUT2D eigenvalue weighted by atomic mass is 16.7. The highest BCUT2D eigenvalue weighted by Crippen LogP contribution is 2.46. The second kappa shape index (κ2) is 8.64. The Bertz CT molecular complexity index is 826. The maximum Gasteiger partial charge on any atom is 0.337 e. The summed E-state index contributed by atoms with van der Waals surface area (Å²) < 4.78 is 15.6. The van der Waals surface area contributed by atoms with E-state index in [1.807, 2.05) is 48.5 Å². The fourth-order valence-electron chi connectivity index (χ4n) is 3.53. The number of methoxy groups -OCH3 is 2. The van der Waals surface area contributed by atoms with E-state index < -0.39 is 11.9 Å². The zero-order valence-corrected chi connectivity index (χ0v) is 15.4. The minimum absolute atomic E-state index is 0.00356. The lowest BCUT2D eigenvalue weighted by atomic mass is 9.80. The highest BCUT2D eigenvalue weighted by Gasteiger charge is 2.45. The maximum atomic E-state index is 13.4. The first-order chi connectivity index (χ1) is 13.2. The standard InChI is InChI=1S/C22H22O5/c1-25-14-27-18-13-17(15-9-5-3-6-10-15)19(20(18)22(24)26-2)21(23)16-11-7-4-8-12-16/h3-12,17,19H,13-14H2,1-2H3/t17-,19-/m0/s1. The Morgan fingerprint density at radius 1 is 0.963 bits per heavy atom. The molecule has 0 fully saturated rings. The van der Waals surface area contributed by atoms with Gasteiger partial charge in [0.2, 0.25) is 0 Å². The molecule has 0 amide bonds. The van der Waals surface area contributed by atoms with Gasteiger partial charge in [0.1, 0.15) is 5.76 Å². The van der Waals surface area contributed by atoms with Crippen molar-refractivity contribution in [1.82, 2.24) is 0 Å². The lowest BCUT2D eigenvalue weighted by molar-refractivity contribution is -0.136. The van der Waals surface area contributed by atoms with Crippen molar-refractivity contribution in [3.63, 3.8) is 0 Å². The number of hydrogen-bond donors (Lipinski definition) is 0. The molecule has 2 aromatic rings. The molecule has 140 valence electrons. The minimum atomic E-state index is -0.672. The van der Waals surface area contributed by atoms with Crippen molar-refractivity contribution in [2.75, 3.05) is 21.0 Å². The Balaban J connectivity index is 2.08. The predicted octanol–water partition coefficient (Wildman–Crippen LogP) is 3.72. The molecule has 0 aromatic heterocycles. The second-order valence-electron chi connectivity index (χ2n) is 6.31. The zero-order chi connectivity index (χ0) is 19.2. The smallest absolute Gasteiger partial charge is 0.337 e. The maximum absolute atomic E-state index is 13.4. The van der Waals surface area contributed by atoms with Gasteiger partial charge in [-0.15, -0.1) is 0 Å². The average molecular weight is 366 g/mol. The predicted molar refractivity (Wildman–Crippen MR) is 100 cm³/mol. The van der Waals surface area contributed by atoms with Gasteiger partial charge in [-0.3, -0.25) is 4.79 Å². The van der Waals surface area contributed by atoms with Crippen LogP contribution in [-0.4, -0.2) is 32.8 Å². The summed E-state index contributed by atoms with van der Waals surface area (Å²) in [5.74, 6) is -1.10. The SMILES string of the molecule is COCOC1=C(C(=O)OC)[C@@H](C(=O)c2ccccc2)[C@H](c2ccccc2)C1. The third-order valence-corrected chi connectivity index (χ3v) is 4.74. The van der Waals surface area contributed by atoms with Crippen LogP contribution in [0.3, 0.4) is 0 Å². The first kappa shape index (κ1) is 18.9. The lowest BCUT2D eigenvalue weighted by Gasteiger charge is -2.21. The molecule has 5 heteroatoms. The first-order valence-electron chi connectivity index (χ1n) is 8.74. The molecule has 1 aliphatic rings. The van der Waals surface area contributed by atoms with E-state index >= 15 is 0 Å². The molecule has 5 nitrogen and oxygen atoms in total. The van der Waals surface area contributed by atoms with Crippen molar-refractivity contribution in [1.29, 1.82) is 0 Å². The molecule has 0 unspecified atom stereocenters. The van der Waals surface area contributed by atoms with Gasteiger partial charge in [-0.1, -0.05) is 60.7 Å². The van der Waals surface area contributed by atoms with Crippen LogP contribution in [0.25, 0.3) is 0 Å². The van der Waals surface area contributed by atoms with E-state index in [0.717, 1.165) is 5.56 Å². The Morgan fingerprint density at radius 2 is 1.59 bits per heavy atom. The fourth-order valence-corrected chi connectivity index (χ4v) is 3.53. The summed E-state index contributed by atoms with van der Waals surface area (Å²) in [6.45, 7) is 0.00356. The van der Waals surface area contributed by atoms with Crippen molar-refractivity contribution in [2.24, 2.45) is 5.92 Å². The largest absolute Gasteiger partial charge is 0.471 e. The Kier molecular flexibility index (Phi) is 6.04. The van der Waals surface area contributed by atoms with E-state index in [1.165, 1.54) is 14.2 Å². The van der Waals surface area contributed by atoms with Gasteiger partial charge in [-0.2, -0.15) is 0 Å². The average Bonchev–Trinajstić information content (AvgIpc) is 3.11. The molecular weight excluding hydrogens is 344 g/mol. The van der Waals surface area contributed by atoms with E-state index in [2.05, 4.69) is 0 Å². The molecule has 0 radical (unpaired) electrons. The van der Waals surface area contributed by atoms with Gasteiger partial charge in [-0.25, -0.2) is 4.79 Å². The molecule has 0 saturated heterocycles. The van der Waals surface area contributed by atoms with E-state index in [9.17, 15) is 9.59 Å². The molecule has 0 bridgehead atoms. The van der Waals surface area contributed by atoms with Gasteiger partial charge >= 0.3 is 5.97 Å². The number of rotatable bonds is 7. The number of carbonyl (C=O) groups excluding carboxylic acids is 2. The quantitative estimate of drug-likeness (QED) is 0.425. The van der Waals surface area contributed by atoms with E-state index in [-0.39, 0.29) is 24.1 Å². The van der Waals surface area contributed by atoms with Crippen molar-refractivity contribution in [3.05, 3.63) is 83.1 Å². The number of ketones is 1. The lowest BCUT2D eigenvalue weighted by Crippen LogP contribution is -2.25. The molecule has 2 atom stereocenters. The number of allylic oxidation sites excluding steroid dienone is 1. The van der Waals surface area contributed by atoms with Crippen LogP contribution in [0.4, 0.5) is 0 Å². The molecule has 0 heterocycles. The molecule has 0 aliphatic heterocycles. The summed E-state index contributed by atoms with van der Waals surface area (Å²) in [4.78, 5) is 25.9. The molecule has 27 heavy (non-hydrogen) atoms. The monoisotopic (exact) mass is 366 g/mol. The van der Waals surface area contributed by atoms with Crippen LogP contribution < -0.4 is 0 Å². The van der Waals surface area contributed by atoms with Crippen LogP contribution in [0.2, 0.25) is 0 Å². The number of benzene rings is 2. The molecule has 0 saturated carbocycles. The Hall–Kier alpha value is -2.92. The number of hydrogen-bond acceptors (Lipinski definition) is 5. The van der Waals surface area contributed by atoms with E-state index in [4.69, 9.17) is 14.2 Å². The normalized spacial score (nSPS) is 19.0. The zero-order valence-electron chi connectivity index (χ0n) is 15.4. The van der Waals surface area contributed by atoms with Crippen molar-refractivity contribution in [2.45, 2.75) is 12.3 Å². The van der Waals surface area contributed by atoms with Gasteiger partial charge in [0.25, 0.3) is 0 Å². The third kappa shape index (κ3) is 3.93. The van der Waals surface area contributed by atoms with Gasteiger partial charge in [0.05, 0.1) is 18.6 Å². The van der Waals surface area contributed by atoms with Gasteiger partial charge in [0.15, 0.2) is 12.6 Å². The minimum Gasteiger partial charge on any atom is -0.471 e. The van der Waals surface area contributed by atoms with Gasteiger partial charge in [-0.05, 0) is 5.56 Å². The summed E-state index contributed by atoms with van der Waals surface area (Å²) in [6, 6.07) is 18.7. The molecule has 0 N–H and O–H groups in total. The molecule has 3 rings (SSSR count). The number of esters is 1. The summed E-state index contributed by atoms with van der Waals surface area (Å²) in [7, 11) is 2.82. The molecule has 2 aromatic carbocycles. The first-order valence-corrected chi connectivity index (χ1v) is 8.74. The summed E-state index contributed by atoms with van der Waals surface area (Å²) in [5.41, 5.74) is 1.80. The van der Waals surface area contributed by atoms with E-state index in [0.29, 0.717) is 17.7 Å². The van der Waals surface area contributed by atoms with Crippen molar-refractivity contribution >= 4 is 11.8 Å². The molecule has 0 spiro atoms. The summed E-state index contributed by atoms with van der Waals surface area (Å²) in [6.07, 6.45) is 0.432. The van der Waals surface area contributed by atoms with Crippen LogP contribution in [0.5, 0.6) is 0 Å². The topological polar surface area (TPSA) is 61.8 Å². The number of ether oxygens (including phenoxy) is 3.